The smallest absolute Gasteiger partial charge is 0.228 e. The van der Waals surface area contributed by atoms with Crippen molar-refractivity contribution in [2.24, 2.45) is 0 Å². The number of nitrogens with one attached hydrogen (secondary N) is 1. The van der Waals surface area contributed by atoms with E-state index in [9.17, 15) is 9.18 Å². The molecule has 0 aliphatic rings. The largest absolute Gasteiger partial charge is 0.395 e. The monoisotopic (exact) mass is 336 g/mol. The van der Waals surface area contributed by atoms with Crippen LogP contribution < -0.4 is 10.2 Å². The highest BCUT2D eigenvalue weighted by Gasteiger charge is 2.12. The van der Waals surface area contributed by atoms with E-state index in [2.05, 4.69) is 5.32 Å². The molecule has 6 heteroatoms. The van der Waals surface area contributed by atoms with Gasteiger partial charge < -0.3 is 15.3 Å². The molecule has 0 heterocycles. The molecule has 0 saturated carbocycles. The lowest BCUT2D eigenvalue weighted by molar-refractivity contribution is -0.115. The van der Waals surface area contributed by atoms with Crippen LogP contribution in [0.4, 0.5) is 15.8 Å². The van der Waals surface area contributed by atoms with Crippen molar-refractivity contribution in [3.05, 3.63) is 58.9 Å². The molecule has 1 amide bonds. The first kappa shape index (κ1) is 17.2. The van der Waals surface area contributed by atoms with Crippen molar-refractivity contribution in [1.29, 1.82) is 0 Å². The summed E-state index contributed by atoms with van der Waals surface area (Å²) in [5.41, 5.74) is 1.73. The molecular formula is C17H18ClFN2O2. The summed E-state index contributed by atoms with van der Waals surface area (Å²) in [7, 11) is 1.87. The number of halogens is 2. The Kier molecular flexibility index (Phi) is 5.96. The van der Waals surface area contributed by atoms with E-state index in [1.54, 1.807) is 18.2 Å². The molecule has 2 N–H and O–H groups in total. The van der Waals surface area contributed by atoms with E-state index >= 15 is 0 Å². The second-order valence-electron chi connectivity index (χ2n) is 5.12. The predicted molar refractivity (Wildman–Crippen MR) is 90.5 cm³/mol. The number of amides is 1. The minimum atomic E-state index is -0.492. The van der Waals surface area contributed by atoms with E-state index in [0.717, 1.165) is 5.69 Å². The minimum Gasteiger partial charge on any atom is -0.395 e. The Bertz CT molecular complexity index is 657. The second kappa shape index (κ2) is 7.94. The number of rotatable bonds is 6. The molecule has 2 aromatic carbocycles. The van der Waals surface area contributed by atoms with E-state index in [-0.39, 0.29) is 29.5 Å². The number of aliphatic hydroxyl groups is 1. The van der Waals surface area contributed by atoms with Gasteiger partial charge in [-0.1, -0.05) is 17.7 Å². The van der Waals surface area contributed by atoms with E-state index in [1.807, 2.05) is 24.1 Å². The van der Waals surface area contributed by atoms with Crippen LogP contribution in [0.2, 0.25) is 5.02 Å². The molecule has 0 radical (unpaired) electrons. The van der Waals surface area contributed by atoms with Crippen LogP contribution in [0.15, 0.2) is 42.5 Å². The zero-order valence-corrected chi connectivity index (χ0v) is 13.5. The second-order valence-corrected chi connectivity index (χ2v) is 5.52. The average molecular weight is 337 g/mol. The summed E-state index contributed by atoms with van der Waals surface area (Å²) in [6.07, 6.45) is -0.127. The van der Waals surface area contributed by atoms with Gasteiger partial charge in [-0.05, 0) is 36.4 Å². The number of aliphatic hydroxyl groups excluding tert-OH is 1. The van der Waals surface area contributed by atoms with Gasteiger partial charge in [0, 0.05) is 35.6 Å². The molecule has 0 unspecified atom stereocenters. The molecule has 0 aromatic heterocycles. The van der Waals surface area contributed by atoms with Gasteiger partial charge in [-0.2, -0.15) is 0 Å². The summed E-state index contributed by atoms with van der Waals surface area (Å²) in [6, 6.07) is 11.5. The number of hydrogen-bond acceptors (Lipinski definition) is 3. The summed E-state index contributed by atoms with van der Waals surface area (Å²) in [6.45, 7) is 0.593. The van der Waals surface area contributed by atoms with Crippen LogP contribution in [-0.4, -0.2) is 31.2 Å². The maximum Gasteiger partial charge on any atom is 0.228 e. The first-order chi connectivity index (χ1) is 11.0. The van der Waals surface area contributed by atoms with Crippen LogP contribution in [0, 0.1) is 5.82 Å². The highest BCUT2D eigenvalue weighted by Crippen LogP contribution is 2.21. The van der Waals surface area contributed by atoms with Crippen molar-refractivity contribution in [3.8, 4) is 0 Å². The highest BCUT2D eigenvalue weighted by molar-refractivity contribution is 6.31. The summed E-state index contributed by atoms with van der Waals surface area (Å²) >= 11 is 5.92. The molecule has 23 heavy (non-hydrogen) atoms. The number of carbonyl (C=O) groups excluding carboxylic acids is 1. The third kappa shape index (κ3) is 4.68. The van der Waals surface area contributed by atoms with Gasteiger partial charge in [0.15, 0.2) is 0 Å². The van der Waals surface area contributed by atoms with Crippen molar-refractivity contribution in [2.45, 2.75) is 6.42 Å². The molecule has 0 aliphatic heterocycles. The van der Waals surface area contributed by atoms with Crippen LogP contribution >= 0.6 is 11.6 Å². The van der Waals surface area contributed by atoms with Crippen molar-refractivity contribution in [1.82, 2.24) is 0 Å². The van der Waals surface area contributed by atoms with Gasteiger partial charge in [-0.3, -0.25) is 4.79 Å². The van der Waals surface area contributed by atoms with Crippen LogP contribution in [-0.2, 0) is 11.2 Å². The number of nitrogens with zero attached hydrogens (tertiary/aromatic N) is 1. The molecule has 0 atom stereocenters. The van der Waals surface area contributed by atoms with Crippen LogP contribution in [0.5, 0.6) is 0 Å². The summed E-state index contributed by atoms with van der Waals surface area (Å²) in [5.74, 6) is -0.831. The highest BCUT2D eigenvalue weighted by atomic mass is 35.5. The van der Waals surface area contributed by atoms with Crippen molar-refractivity contribution >= 4 is 28.9 Å². The Balaban J connectivity index is 2.00. The quantitative estimate of drug-likeness (QED) is 0.852. The fourth-order valence-electron chi connectivity index (χ4n) is 2.15. The van der Waals surface area contributed by atoms with Gasteiger partial charge in [-0.25, -0.2) is 4.39 Å². The summed E-state index contributed by atoms with van der Waals surface area (Å²) in [4.78, 5) is 13.9. The molecule has 0 saturated heterocycles. The zero-order chi connectivity index (χ0) is 16.8. The number of carbonyl (C=O) groups is 1. The molecule has 122 valence electrons. The SMILES string of the molecule is CN(CCO)c1ccc(NC(=O)Cc2c(F)cccc2Cl)cc1. The van der Waals surface area contributed by atoms with Crippen LogP contribution in [0.25, 0.3) is 0 Å². The topological polar surface area (TPSA) is 52.6 Å². The van der Waals surface area contributed by atoms with E-state index in [4.69, 9.17) is 16.7 Å². The maximum atomic E-state index is 13.7. The number of hydrogen-bond donors (Lipinski definition) is 2. The first-order valence-corrected chi connectivity index (χ1v) is 7.54. The lowest BCUT2D eigenvalue weighted by atomic mass is 10.1. The molecule has 0 aliphatic carbocycles. The van der Waals surface area contributed by atoms with Gasteiger partial charge in [-0.15, -0.1) is 0 Å². The van der Waals surface area contributed by atoms with Crippen molar-refractivity contribution in [2.75, 3.05) is 30.4 Å². The lowest BCUT2D eigenvalue weighted by Gasteiger charge is -2.18. The fraction of sp³-hybridized carbons (Fsp3) is 0.235. The first-order valence-electron chi connectivity index (χ1n) is 7.16. The predicted octanol–water partition coefficient (Wildman–Crippen LogP) is 3.09. The Hall–Kier alpha value is -2.11. The van der Waals surface area contributed by atoms with Gasteiger partial charge in [0.05, 0.1) is 13.0 Å². The van der Waals surface area contributed by atoms with Crippen LogP contribution in [0.1, 0.15) is 5.56 Å². The fourth-order valence-corrected chi connectivity index (χ4v) is 2.38. The van der Waals surface area contributed by atoms with Crippen LogP contribution in [0.3, 0.4) is 0 Å². The van der Waals surface area contributed by atoms with E-state index < -0.39 is 5.82 Å². The molecule has 2 aromatic rings. The van der Waals surface area contributed by atoms with Gasteiger partial charge in [0.2, 0.25) is 5.91 Å². The Labute approximate surface area is 139 Å². The number of likely N-dealkylation sites (N-methyl/N-ethyl adjacent to an activating group) is 1. The maximum absolute atomic E-state index is 13.7. The normalized spacial score (nSPS) is 10.4. The molecular weight excluding hydrogens is 319 g/mol. The van der Waals surface area contributed by atoms with E-state index in [1.165, 1.54) is 12.1 Å². The molecule has 2 rings (SSSR count). The van der Waals surface area contributed by atoms with Crippen molar-refractivity contribution in [3.63, 3.8) is 0 Å². The summed E-state index contributed by atoms with van der Waals surface area (Å²) in [5, 5.41) is 11.9. The Morgan fingerprint density at radius 3 is 2.57 bits per heavy atom. The molecule has 0 fully saturated rings. The zero-order valence-electron chi connectivity index (χ0n) is 12.7. The molecule has 4 nitrogen and oxygen atoms in total. The Morgan fingerprint density at radius 1 is 1.26 bits per heavy atom. The lowest BCUT2D eigenvalue weighted by Crippen LogP contribution is -2.21. The van der Waals surface area contributed by atoms with Gasteiger partial charge >= 0.3 is 0 Å². The summed E-state index contributed by atoms with van der Waals surface area (Å²) < 4.78 is 13.7. The standard InChI is InChI=1S/C17H18ClFN2O2/c1-21(9-10-22)13-7-5-12(6-8-13)20-17(23)11-14-15(18)3-2-4-16(14)19/h2-8,22H,9-11H2,1H3,(H,20,23). The van der Waals surface area contributed by atoms with E-state index in [0.29, 0.717) is 12.2 Å². The third-order valence-corrected chi connectivity index (χ3v) is 3.78. The third-order valence-electron chi connectivity index (χ3n) is 3.43. The molecule has 0 bridgehead atoms. The number of benzene rings is 2. The minimum absolute atomic E-state index is 0.0678. The average Bonchev–Trinajstić information content (AvgIpc) is 2.52. The number of anilines is 2. The Morgan fingerprint density at radius 2 is 1.96 bits per heavy atom. The van der Waals surface area contributed by atoms with Gasteiger partial charge in [0.25, 0.3) is 0 Å². The van der Waals surface area contributed by atoms with Crippen molar-refractivity contribution < 1.29 is 14.3 Å². The van der Waals surface area contributed by atoms with Gasteiger partial charge in [0.1, 0.15) is 5.82 Å². The molecule has 0 spiro atoms.